The molecule has 0 aliphatic rings. The summed E-state index contributed by atoms with van der Waals surface area (Å²) < 4.78 is 30.0. The van der Waals surface area contributed by atoms with E-state index in [1.807, 2.05) is 22.2 Å². The highest BCUT2D eigenvalue weighted by atomic mass is 32.2. The number of aromatic nitrogens is 3. The van der Waals surface area contributed by atoms with E-state index in [0.29, 0.717) is 13.1 Å². The summed E-state index contributed by atoms with van der Waals surface area (Å²) in [5, 5.41) is 4.73. The van der Waals surface area contributed by atoms with E-state index in [1.165, 1.54) is 32.5 Å². The molecule has 0 bridgehead atoms. The van der Waals surface area contributed by atoms with Crippen molar-refractivity contribution < 1.29 is 13.2 Å². The van der Waals surface area contributed by atoms with Gasteiger partial charge in [-0.3, -0.25) is 9.20 Å². The predicted molar refractivity (Wildman–Crippen MR) is 99.8 cm³/mol. The van der Waals surface area contributed by atoms with E-state index in [4.69, 9.17) is 0 Å². The second-order valence-corrected chi connectivity index (χ2v) is 8.58. The Morgan fingerprint density at radius 2 is 2.04 bits per heavy atom. The number of imidazole rings is 1. The van der Waals surface area contributed by atoms with Gasteiger partial charge in [-0.1, -0.05) is 13.8 Å². The highest BCUT2D eigenvalue weighted by molar-refractivity contribution is 7.89. The van der Waals surface area contributed by atoms with Gasteiger partial charge in [0.05, 0.1) is 12.2 Å². The standard InChI is InChI=1S/C16H21N5O3S2/c1-4-21(5-2)26(23,24)13-8-14(19(3)11-13)15(22)17-9-12-10-20-6-7-25-16(20)18-12/h6-8,10-11H,4-5,9H2,1-3H3,(H,17,22). The van der Waals surface area contributed by atoms with E-state index in [0.717, 1.165) is 10.7 Å². The highest BCUT2D eigenvalue weighted by Crippen LogP contribution is 2.18. The first-order valence-corrected chi connectivity index (χ1v) is 10.5. The van der Waals surface area contributed by atoms with E-state index < -0.39 is 10.0 Å². The van der Waals surface area contributed by atoms with Gasteiger partial charge < -0.3 is 9.88 Å². The number of fused-ring (bicyclic) bond motifs is 1. The van der Waals surface area contributed by atoms with E-state index in [9.17, 15) is 13.2 Å². The van der Waals surface area contributed by atoms with Crippen LogP contribution >= 0.6 is 11.3 Å². The van der Waals surface area contributed by atoms with Crippen molar-refractivity contribution in [1.29, 1.82) is 0 Å². The molecule has 3 heterocycles. The Morgan fingerprint density at radius 1 is 1.31 bits per heavy atom. The molecule has 0 saturated heterocycles. The van der Waals surface area contributed by atoms with Gasteiger partial charge >= 0.3 is 0 Å². The van der Waals surface area contributed by atoms with E-state index in [1.54, 1.807) is 20.9 Å². The summed E-state index contributed by atoms with van der Waals surface area (Å²) in [6.07, 6.45) is 5.22. The van der Waals surface area contributed by atoms with Gasteiger partial charge in [0, 0.05) is 44.1 Å². The van der Waals surface area contributed by atoms with Gasteiger partial charge in [0.25, 0.3) is 5.91 Å². The summed E-state index contributed by atoms with van der Waals surface area (Å²) >= 11 is 1.52. The Labute approximate surface area is 156 Å². The van der Waals surface area contributed by atoms with Gasteiger partial charge in [-0.2, -0.15) is 4.31 Å². The summed E-state index contributed by atoms with van der Waals surface area (Å²) in [4.78, 5) is 17.9. The smallest absolute Gasteiger partial charge is 0.268 e. The molecule has 1 N–H and O–H groups in total. The quantitative estimate of drug-likeness (QED) is 0.659. The van der Waals surface area contributed by atoms with Crippen LogP contribution in [0.25, 0.3) is 4.96 Å². The number of sulfonamides is 1. The molecular formula is C16H21N5O3S2. The number of carbonyl (C=O) groups is 1. The van der Waals surface area contributed by atoms with Crippen LogP contribution in [0.2, 0.25) is 0 Å². The zero-order chi connectivity index (χ0) is 18.9. The molecule has 1 amide bonds. The molecule has 0 atom stereocenters. The average molecular weight is 396 g/mol. The topological polar surface area (TPSA) is 88.7 Å². The lowest BCUT2D eigenvalue weighted by Gasteiger charge is -2.17. The van der Waals surface area contributed by atoms with Crippen molar-refractivity contribution in [2.75, 3.05) is 13.1 Å². The third kappa shape index (κ3) is 3.39. The van der Waals surface area contributed by atoms with Crippen molar-refractivity contribution >= 4 is 32.2 Å². The van der Waals surface area contributed by atoms with Crippen LogP contribution < -0.4 is 5.32 Å². The minimum atomic E-state index is -3.60. The predicted octanol–water partition coefficient (Wildman–Crippen LogP) is 1.69. The van der Waals surface area contributed by atoms with E-state index >= 15 is 0 Å². The van der Waals surface area contributed by atoms with Crippen LogP contribution in [0.4, 0.5) is 0 Å². The first-order chi connectivity index (χ1) is 12.4. The molecule has 3 aromatic heterocycles. The first kappa shape index (κ1) is 18.6. The van der Waals surface area contributed by atoms with Crippen LogP contribution in [-0.4, -0.2) is 45.7 Å². The van der Waals surface area contributed by atoms with E-state index in [2.05, 4.69) is 10.3 Å². The van der Waals surface area contributed by atoms with Crippen molar-refractivity contribution in [2.24, 2.45) is 7.05 Å². The number of amides is 1. The molecule has 3 rings (SSSR count). The number of rotatable bonds is 7. The van der Waals surface area contributed by atoms with Gasteiger partial charge in [0.15, 0.2) is 4.96 Å². The maximum absolute atomic E-state index is 12.6. The maximum atomic E-state index is 12.6. The van der Waals surface area contributed by atoms with Crippen molar-refractivity contribution in [3.8, 4) is 0 Å². The van der Waals surface area contributed by atoms with Gasteiger partial charge in [-0.25, -0.2) is 13.4 Å². The fourth-order valence-corrected chi connectivity index (χ4v) is 4.99. The Hall–Kier alpha value is -2.17. The maximum Gasteiger partial charge on any atom is 0.268 e. The summed E-state index contributed by atoms with van der Waals surface area (Å²) in [6, 6.07) is 1.41. The van der Waals surface area contributed by atoms with Gasteiger partial charge in [0.1, 0.15) is 10.6 Å². The van der Waals surface area contributed by atoms with Crippen molar-refractivity contribution in [2.45, 2.75) is 25.3 Å². The minimum Gasteiger partial charge on any atom is -0.345 e. The largest absolute Gasteiger partial charge is 0.345 e. The van der Waals surface area contributed by atoms with Crippen LogP contribution in [0.1, 0.15) is 30.0 Å². The van der Waals surface area contributed by atoms with Crippen LogP contribution in [0.15, 0.2) is 34.9 Å². The lowest BCUT2D eigenvalue weighted by Crippen LogP contribution is -2.30. The molecule has 26 heavy (non-hydrogen) atoms. The second kappa shape index (κ2) is 7.22. The molecule has 0 spiro atoms. The van der Waals surface area contributed by atoms with Gasteiger partial charge in [-0.05, 0) is 6.07 Å². The number of hydrogen-bond donors (Lipinski definition) is 1. The molecule has 3 aromatic rings. The number of nitrogens with zero attached hydrogens (tertiary/aromatic N) is 4. The summed E-state index contributed by atoms with van der Waals surface area (Å²) in [6.45, 7) is 4.61. The molecule has 0 aliphatic carbocycles. The summed E-state index contributed by atoms with van der Waals surface area (Å²) in [5.41, 5.74) is 1.03. The second-order valence-electron chi connectivity index (χ2n) is 5.77. The van der Waals surface area contributed by atoms with Crippen LogP contribution in [0.5, 0.6) is 0 Å². The molecular weight excluding hydrogens is 374 g/mol. The van der Waals surface area contributed by atoms with Crippen LogP contribution in [0, 0.1) is 0 Å². The molecule has 0 saturated carbocycles. The SMILES string of the molecule is CCN(CC)S(=O)(=O)c1cc(C(=O)NCc2cn3ccsc3n2)n(C)c1. The monoisotopic (exact) mass is 395 g/mol. The van der Waals surface area contributed by atoms with Crippen molar-refractivity contribution in [1.82, 2.24) is 23.6 Å². The Balaban J connectivity index is 1.75. The third-order valence-corrected chi connectivity index (χ3v) is 6.91. The molecule has 0 aliphatic heterocycles. The number of thiazole rings is 1. The molecule has 140 valence electrons. The summed E-state index contributed by atoms with van der Waals surface area (Å²) in [7, 11) is -1.94. The first-order valence-electron chi connectivity index (χ1n) is 8.22. The van der Waals surface area contributed by atoms with Crippen molar-refractivity contribution in [3.63, 3.8) is 0 Å². The Morgan fingerprint density at radius 3 is 2.69 bits per heavy atom. The Bertz CT molecular complexity index is 999. The molecule has 0 unspecified atom stereocenters. The molecule has 0 radical (unpaired) electrons. The summed E-state index contributed by atoms with van der Waals surface area (Å²) in [5.74, 6) is -0.343. The number of nitrogens with one attached hydrogen (secondary N) is 1. The number of carbonyl (C=O) groups excluding carboxylic acids is 1. The lowest BCUT2D eigenvalue weighted by molar-refractivity contribution is 0.0942. The normalized spacial score (nSPS) is 12.2. The highest BCUT2D eigenvalue weighted by Gasteiger charge is 2.25. The molecule has 8 nitrogen and oxygen atoms in total. The number of hydrogen-bond acceptors (Lipinski definition) is 5. The Kier molecular flexibility index (Phi) is 5.17. The van der Waals surface area contributed by atoms with E-state index in [-0.39, 0.29) is 23.0 Å². The van der Waals surface area contributed by atoms with Crippen molar-refractivity contribution in [3.05, 3.63) is 41.4 Å². The third-order valence-electron chi connectivity index (χ3n) is 4.13. The zero-order valence-electron chi connectivity index (χ0n) is 14.8. The van der Waals surface area contributed by atoms with Crippen LogP contribution in [0.3, 0.4) is 0 Å². The van der Waals surface area contributed by atoms with Crippen LogP contribution in [-0.2, 0) is 23.6 Å². The fourth-order valence-electron chi connectivity index (χ4n) is 2.74. The molecule has 0 fully saturated rings. The lowest BCUT2D eigenvalue weighted by atomic mass is 10.4. The molecule has 10 heteroatoms. The molecule has 0 aromatic carbocycles. The minimum absolute atomic E-state index is 0.122. The van der Waals surface area contributed by atoms with Gasteiger partial charge in [0.2, 0.25) is 10.0 Å². The average Bonchev–Trinajstić information content (AvgIpc) is 3.27. The fraction of sp³-hybridized carbons (Fsp3) is 0.375. The zero-order valence-corrected chi connectivity index (χ0v) is 16.5. The van der Waals surface area contributed by atoms with Gasteiger partial charge in [-0.15, -0.1) is 11.3 Å². The number of aryl methyl sites for hydroxylation is 1.